The first kappa shape index (κ1) is 17.6. The van der Waals surface area contributed by atoms with Gasteiger partial charge < -0.3 is 5.32 Å². The van der Waals surface area contributed by atoms with Crippen LogP contribution in [0.5, 0.6) is 0 Å². The van der Waals surface area contributed by atoms with Crippen LogP contribution >= 0.6 is 0 Å². The van der Waals surface area contributed by atoms with Crippen molar-refractivity contribution in [2.75, 3.05) is 0 Å². The number of para-hydroxylation sites is 1. The van der Waals surface area contributed by atoms with Crippen molar-refractivity contribution in [3.8, 4) is 0 Å². The van der Waals surface area contributed by atoms with E-state index in [-0.39, 0.29) is 30.0 Å². The van der Waals surface area contributed by atoms with Crippen LogP contribution in [0.2, 0.25) is 0 Å². The molecule has 1 aromatic heterocycles. The summed E-state index contributed by atoms with van der Waals surface area (Å²) in [6.45, 7) is 5.96. The zero-order chi connectivity index (χ0) is 17.7. The van der Waals surface area contributed by atoms with Gasteiger partial charge in [-0.2, -0.15) is 0 Å². The molecule has 0 radical (unpaired) electrons. The zero-order valence-corrected chi connectivity index (χ0v) is 14.0. The molecule has 0 saturated heterocycles. The van der Waals surface area contributed by atoms with E-state index in [2.05, 4.69) is 10.3 Å². The SMILES string of the molecule is Cc1cccnc1[C@@H](NC(=O)Cc1ccccc1[N+](=O)[O-])C(C)C. The van der Waals surface area contributed by atoms with E-state index in [0.717, 1.165) is 11.3 Å². The highest BCUT2D eigenvalue weighted by atomic mass is 16.6. The number of hydrogen-bond acceptors (Lipinski definition) is 4. The predicted octanol–water partition coefficient (Wildman–Crippen LogP) is 3.35. The molecule has 1 amide bonds. The second-order valence-electron chi connectivity index (χ2n) is 6.06. The molecule has 0 bridgehead atoms. The van der Waals surface area contributed by atoms with E-state index in [1.165, 1.54) is 6.07 Å². The van der Waals surface area contributed by atoms with E-state index in [1.54, 1.807) is 24.4 Å². The summed E-state index contributed by atoms with van der Waals surface area (Å²) in [5.74, 6) is -0.110. The van der Waals surface area contributed by atoms with Crippen LogP contribution < -0.4 is 5.32 Å². The Balaban J connectivity index is 2.18. The minimum atomic E-state index is -0.467. The third-order valence-corrected chi connectivity index (χ3v) is 3.87. The number of aryl methyl sites for hydroxylation is 1. The Morgan fingerprint density at radius 3 is 2.58 bits per heavy atom. The van der Waals surface area contributed by atoms with Crippen LogP contribution in [0, 0.1) is 23.0 Å². The Labute approximate surface area is 141 Å². The van der Waals surface area contributed by atoms with Gasteiger partial charge in [0.1, 0.15) is 0 Å². The molecule has 2 aromatic rings. The summed E-state index contributed by atoms with van der Waals surface area (Å²) >= 11 is 0. The molecule has 2 rings (SSSR count). The molecule has 0 aliphatic carbocycles. The topological polar surface area (TPSA) is 85.1 Å². The molecule has 6 nitrogen and oxygen atoms in total. The Kier molecular flexibility index (Phi) is 5.63. The van der Waals surface area contributed by atoms with E-state index in [0.29, 0.717) is 5.56 Å². The van der Waals surface area contributed by atoms with Crippen molar-refractivity contribution in [2.45, 2.75) is 33.2 Å². The predicted molar refractivity (Wildman–Crippen MR) is 91.5 cm³/mol. The Bertz CT molecular complexity index is 744. The largest absolute Gasteiger partial charge is 0.347 e. The smallest absolute Gasteiger partial charge is 0.273 e. The van der Waals surface area contributed by atoms with Crippen molar-refractivity contribution in [1.82, 2.24) is 10.3 Å². The number of aromatic nitrogens is 1. The van der Waals surface area contributed by atoms with E-state index in [9.17, 15) is 14.9 Å². The molecule has 1 N–H and O–H groups in total. The maximum absolute atomic E-state index is 12.4. The lowest BCUT2D eigenvalue weighted by Gasteiger charge is -2.23. The summed E-state index contributed by atoms with van der Waals surface area (Å²) in [6, 6.07) is 9.87. The van der Waals surface area contributed by atoms with Crippen LogP contribution in [0.15, 0.2) is 42.6 Å². The molecule has 1 heterocycles. The van der Waals surface area contributed by atoms with Crippen molar-refractivity contribution < 1.29 is 9.72 Å². The molecule has 0 aliphatic heterocycles. The maximum atomic E-state index is 12.4. The first-order valence-electron chi connectivity index (χ1n) is 7.83. The summed E-state index contributed by atoms with van der Waals surface area (Å²) in [5, 5.41) is 14.0. The van der Waals surface area contributed by atoms with Gasteiger partial charge in [0.25, 0.3) is 5.69 Å². The van der Waals surface area contributed by atoms with E-state index in [4.69, 9.17) is 0 Å². The molecule has 0 fully saturated rings. The van der Waals surface area contributed by atoms with Gasteiger partial charge in [-0.3, -0.25) is 19.9 Å². The molecule has 1 atom stereocenters. The number of nitro groups is 1. The van der Waals surface area contributed by atoms with Gasteiger partial charge in [-0.05, 0) is 24.5 Å². The average molecular weight is 327 g/mol. The van der Waals surface area contributed by atoms with Crippen LogP contribution in [0.4, 0.5) is 5.69 Å². The fourth-order valence-corrected chi connectivity index (χ4v) is 2.61. The highest BCUT2D eigenvalue weighted by molar-refractivity contribution is 5.80. The van der Waals surface area contributed by atoms with Gasteiger partial charge in [0.2, 0.25) is 5.91 Å². The number of pyridine rings is 1. The Hall–Kier alpha value is -2.76. The van der Waals surface area contributed by atoms with E-state index < -0.39 is 4.92 Å². The highest BCUT2D eigenvalue weighted by Crippen LogP contribution is 2.23. The van der Waals surface area contributed by atoms with Crippen molar-refractivity contribution in [3.05, 3.63) is 69.5 Å². The number of nitrogens with zero attached hydrogens (tertiary/aromatic N) is 2. The summed E-state index contributed by atoms with van der Waals surface area (Å²) in [5.41, 5.74) is 2.19. The quantitative estimate of drug-likeness (QED) is 0.651. The lowest BCUT2D eigenvalue weighted by molar-refractivity contribution is -0.385. The number of hydrogen-bond donors (Lipinski definition) is 1. The third-order valence-electron chi connectivity index (χ3n) is 3.87. The number of nitro benzene ring substituents is 1. The molecular weight excluding hydrogens is 306 g/mol. The van der Waals surface area contributed by atoms with Gasteiger partial charge >= 0.3 is 0 Å². The number of nitrogens with one attached hydrogen (secondary N) is 1. The minimum Gasteiger partial charge on any atom is -0.347 e. The highest BCUT2D eigenvalue weighted by Gasteiger charge is 2.23. The Morgan fingerprint density at radius 2 is 1.96 bits per heavy atom. The number of amides is 1. The van der Waals surface area contributed by atoms with Crippen LogP contribution in [-0.2, 0) is 11.2 Å². The fraction of sp³-hybridized carbons (Fsp3) is 0.333. The molecule has 6 heteroatoms. The fourth-order valence-electron chi connectivity index (χ4n) is 2.61. The van der Waals surface area contributed by atoms with Gasteiger partial charge in [-0.15, -0.1) is 0 Å². The maximum Gasteiger partial charge on any atom is 0.273 e. The first-order chi connectivity index (χ1) is 11.4. The van der Waals surface area contributed by atoms with Crippen molar-refractivity contribution in [3.63, 3.8) is 0 Å². The van der Waals surface area contributed by atoms with E-state index in [1.807, 2.05) is 32.9 Å². The van der Waals surface area contributed by atoms with Gasteiger partial charge in [-0.1, -0.05) is 38.1 Å². The first-order valence-corrected chi connectivity index (χ1v) is 7.83. The van der Waals surface area contributed by atoms with Gasteiger partial charge in [0, 0.05) is 17.8 Å². The molecule has 0 aliphatic rings. The molecule has 0 unspecified atom stereocenters. The molecule has 0 spiro atoms. The van der Waals surface area contributed by atoms with Crippen molar-refractivity contribution in [1.29, 1.82) is 0 Å². The molecule has 0 saturated carbocycles. The van der Waals surface area contributed by atoms with Crippen LogP contribution in [0.3, 0.4) is 0 Å². The van der Waals surface area contributed by atoms with Crippen LogP contribution in [0.25, 0.3) is 0 Å². The summed E-state index contributed by atoms with van der Waals surface area (Å²) in [4.78, 5) is 27.4. The van der Waals surface area contributed by atoms with Gasteiger partial charge in [0.15, 0.2) is 0 Å². The summed E-state index contributed by atoms with van der Waals surface area (Å²) < 4.78 is 0. The minimum absolute atomic E-state index is 0.0355. The standard InChI is InChI=1S/C18H21N3O3/c1-12(2)17(18-13(3)7-6-10-19-18)20-16(22)11-14-8-4-5-9-15(14)21(23)24/h4-10,12,17H,11H2,1-3H3,(H,20,22)/t17-/m0/s1. The number of benzene rings is 1. The molecule has 126 valence electrons. The lowest BCUT2D eigenvalue weighted by atomic mass is 9.97. The van der Waals surface area contributed by atoms with E-state index >= 15 is 0 Å². The monoisotopic (exact) mass is 327 g/mol. The van der Waals surface area contributed by atoms with Gasteiger partial charge in [-0.25, -0.2) is 0 Å². The Morgan fingerprint density at radius 1 is 1.25 bits per heavy atom. The summed E-state index contributed by atoms with van der Waals surface area (Å²) in [7, 11) is 0. The molecule has 1 aromatic carbocycles. The average Bonchev–Trinajstić information content (AvgIpc) is 2.53. The number of carbonyl (C=O) groups excluding carboxylic acids is 1. The summed E-state index contributed by atoms with van der Waals surface area (Å²) in [6.07, 6.45) is 1.66. The normalized spacial score (nSPS) is 12.0. The molecule has 24 heavy (non-hydrogen) atoms. The lowest BCUT2D eigenvalue weighted by Crippen LogP contribution is -2.34. The van der Waals surface area contributed by atoms with Crippen LogP contribution in [0.1, 0.15) is 36.7 Å². The molecular formula is C18H21N3O3. The zero-order valence-electron chi connectivity index (χ0n) is 14.0. The van der Waals surface area contributed by atoms with Gasteiger partial charge in [0.05, 0.1) is 23.1 Å². The van der Waals surface area contributed by atoms with Crippen LogP contribution in [-0.4, -0.2) is 15.8 Å². The third kappa shape index (κ3) is 4.16. The number of rotatable bonds is 6. The number of carbonyl (C=O) groups is 1. The second kappa shape index (κ2) is 7.68. The second-order valence-corrected chi connectivity index (χ2v) is 6.06. The van der Waals surface area contributed by atoms with Crippen molar-refractivity contribution in [2.24, 2.45) is 5.92 Å². The van der Waals surface area contributed by atoms with Crippen molar-refractivity contribution >= 4 is 11.6 Å².